The van der Waals surface area contributed by atoms with Crippen LogP contribution in [0.15, 0.2) is 35.2 Å². The standard InChI is InChI=1S/C11H9Cl2N3O2S/c1-7-2-3-8(12)6-9(7)19(17,18)16-11-5-4-10(13)14-15-11/h2-6H,1H3,(H,15,16). The van der Waals surface area contributed by atoms with Crippen LogP contribution >= 0.6 is 23.2 Å². The molecule has 1 aromatic heterocycles. The fourth-order valence-corrected chi connectivity index (χ4v) is 3.03. The van der Waals surface area contributed by atoms with Gasteiger partial charge >= 0.3 is 0 Å². The number of nitrogens with zero attached hydrogens (tertiary/aromatic N) is 2. The number of sulfonamides is 1. The molecule has 0 radical (unpaired) electrons. The number of benzene rings is 1. The lowest BCUT2D eigenvalue weighted by molar-refractivity contribution is 0.600. The van der Waals surface area contributed by atoms with Crippen LogP contribution in [0.5, 0.6) is 0 Å². The average molecular weight is 318 g/mol. The fourth-order valence-electron chi connectivity index (χ4n) is 1.43. The van der Waals surface area contributed by atoms with Gasteiger partial charge in [-0.05, 0) is 36.8 Å². The Balaban J connectivity index is 2.37. The van der Waals surface area contributed by atoms with Crippen molar-refractivity contribution in [2.24, 2.45) is 0 Å². The number of aromatic nitrogens is 2. The van der Waals surface area contributed by atoms with Crippen molar-refractivity contribution in [2.45, 2.75) is 11.8 Å². The minimum Gasteiger partial charge on any atom is -0.262 e. The van der Waals surface area contributed by atoms with Gasteiger partial charge in [0.15, 0.2) is 11.0 Å². The molecule has 0 spiro atoms. The second-order valence-corrected chi connectivity index (χ2v) is 6.23. The monoisotopic (exact) mass is 317 g/mol. The summed E-state index contributed by atoms with van der Waals surface area (Å²) in [5.41, 5.74) is 0.582. The summed E-state index contributed by atoms with van der Waals surface area (Å²) in [7, 11) is -3.76. The summed E-state index contributed by atoms with van der Waals surface area (Å²) < 4.78 is 26.7. The molecule has 1 aromatic carbocycles. The smallest absolute Gasteiger partial charge is 0.262 e. The van der Waals surface area contributed by atoms with Crippen LogP contribution in [0.4, 0.5) is 5.82 Å². The second-order valence-electron chi connectivity index (χ2n) is 3.76. The highest BCUT2D eigenvalue weighted by atomic mass is 35.5. The van der Waals surface area contributed by atoms with Gasteiger partial charge in [-0.1, -0.05) is 29.3 Å². The third-order valence-corrected chi connectivity index (χ3v) is 4.24. The van der Waals surface area contributed by atoms with Gasteiger partial charge in [-0.25, -0.2) is 8.42 Å². The van der Waals surface area contributed by atoms with Crippen LogP contribution in [-0.4, -0.2) is 18.6 Å². The van der Waals surface area contributed by atoms with Crippen molar-refractivity contribution in [2.75, 3.05) is 4.72 Å². The van der Waals surface area contributed by atoms with Crippen molar-refractivity contribution in [3.05, 3.63) is 46.1 Å². The Kier molecular flexibility index (Phi) is 3.93. The molecule has 0 amide bonds. The molecule has 1 heterocycles. The first kappa shape index (κ1) is 14.0. The second kappa shape index (κ2) is 5.32. The lowest BCUT2D eigenvalue weighted by Gasteiger charge is -2.09. The van der Waals surface area contributed by atoms with Crippen LogP contribution in [-0.2, 0) is 10.0 Å². The molecule has 0 aliphatic rings. The Morgan fingerprint density at radius 1 is 1.11 bits per heavy atom. The third-order valence-electron chi connectivity index (χ3n) is 2.31. The fraction of sp³-hybridized carbons (Fsp3) is 0.0909. The molecule has 0 saturated heterocycles. The van der Waals surface area contributed by atoms with E-state index in [2.05, 4.69) is 14.9 Å². The number of rotatable bonds is 3. The van der Waals surface area contributed by atoms with Crippen LogP contribution in [0.25, 0.3) is 0 Å². The van der Waals surface area contributed by atoms with Gasteiger partial charge < -0.3 is 0 Å². The van der Waals surface area contributed by atoms with Crippen molar-refractivity contribution in [3.8, 4) is 0 Å². The van der Waals surface area contributed by atoms with E-state index in [1.54, 1.807) is 19.1 Å². The molecule has 8 heteroatoms. The molecule has 2 rings (SSSR count). The number of aryl methyl sites for hydroxylation is 1. The van der Waals surface area contributed by atoms with Crippen LogP contribution in [0.2, 0.25) is 10.2 Å². The summed E-state index contributed by atoms with van der Waals surface area (Å²) in [6, 6.07) is 7.50. The van der Waals surface area contributed by atoms with Gasteiger partial charge in [-0.2, -0.15) is 0 Å². The normalized spacial score (nSPS) is 11.3. The minimum atomic E-state index is -3.76. The van der Waals surface area contributed by atoms with E-state index >= 15 is 0 Å². The van der Waals surface area contributed by atoms with Crippen molar-refractivity contribution in [1.29, 1.82) is 0 Å². The largest absolute Gasteiger partial charge is 0.263 e. The summed E-state index contributed by atoms with van der Waals surface area (Å²) in [6.07, 6.45) is 0. The van der Waals surface area contributed by atoms with Crippen molar-refractivity contribution >= 4 is 39.0 Å². The molecule has 19 heavy (non-hydrogen) atoms. The molecule has 0 atom stereocenters. The van der Waals surface area contributed by atoms with E-state index in [9.17, 15) is 8.42 Å². The molecule has 0 bridgehead atoms. The van der Waals surface area contributed by atoms with Gasteiger partial charge in [-0.3, -0.25) is 4.72 Å². The van der Waals surface area contributed by atoms with E-state index in [1.165, 1.54) is 18.2 Å². The molecule has 0 aliphatic carbocycles. The molecule has 0 aliphatic heterocycles. The summed E-state index contributed by atoms with van der Waals surface area (Å²) in [5.74, 6) is 0.0868. The highest BCUT2D eigenvalue weighted by Gasteiger charge is 2.18. The molecule has 1 N–H and O–H groups in total. The SMILES string of the molecule is Cc1ccc(Cl)cc1S(=O)(=O)Nc1ccc(Cl)nn1. The summed E-state index contributed by atoms with van der Waals surface area (Å²) in [4.78, 5) is 0.0942. The lowest BCUT2D eigenvalue weighted by atomic mass is 10.2. The van der Waals surface area contributed by atoms with E-state index in [0.29, 0.717) is 10.6 Å². The van der Waals surface area contributed by atoms with E-state index in [1.807, 2.05) is 0 Å². The first-order valence-corrected chi connectivity index (χ1v) is 7.40. The Bertz CT molecular complexity index is 702. The molecular formula is C11H9Cl2N3O2S. The zero-order chi connectivity index (χ0) is 14.0. The Morgan fingerprint density at radius 2 is 1.84 bits per heavy atom. The maximum atomic E-state index is 12.2. The summed E-state index contributed by atoms with van der Waals surface area (Å²) >= 11 is 11.4. The van der Waals surface area contributed by atoms with Crippen molar-refractivity contribution in [3.63, 3.8) is 0 Å². The summed E-state index contributed by atoms with van der Waals surface area (Å²) in [6.45, 7) is 1.68. The molecule has 0 unspecified atom stereocenters. The number of halogens is 2. The van der Waals surface area contributed by atoms with Gasteiger partial charge in [0, 0.05) is 5.02 Å². The van der Waals surface area contributed by atoms with Crippen molar-refractivity contribution < 1.29 is 8.42 Å². The molecule has 2 aromatic rings. The van der Waals surface area contributed by atoms with Gasteiger partial charge in [0.2, 0.25) is 0 Å². The van der Waals surface area contributed by atoms with Crippen LogP contribution < -0.4 is 4.72 Å². The minimum absolute atomic E-state index is 0.0868. The topological polar surface area (TPSA) is 72.0 Å². The summed E-state index contributed by atoms with van der Waals surface area (Å²) in [5, 5.41) is 7.72. The molecule has 5 nitrogen and oxygen atoms in total. The Labute approximate surface area is 120 Å². The molecular weight excluding hydrogens is 309 g/mol. The predicted molar refractivity (Wildman–Crippen MR) is 74.0 cm³/mol. The van der Waals surface area contributed by atoms with Crippen molar-refractivity contribution in [1.82, 2.24) is 10.2 Å². The molecule has 100 valence electrons. The first-order valence-electron chi connectivity index (χ1n) is 5.17. The van der Waals surface area contributed by atoms with Gasteiger partial charge in [0.05, 0.1) is 4.90 Å². The zero-order valence-electron chi connectivity index (χ0n) is 9.76. The van der Waals surface area contributed by atoms with Gasteiger partial charge in [-0.15, -0.1) is 10.2 Å². The van der Waals surface area contributed by atoms with E-state index in [4.69, 9.17) is 23.2 Å². The first-order chi connectivity index (χ1) is 8.88. The highest BCUT2D eigenvalue weighted by molar-refractivity contribution is 7.92. The molecule has 0 saturated carbocycles. The van der Waals surface area contributed by atoms with Gasteiger partial charge in [0.25, 0.3) is 10.0 Å². The zero-order valence-corrected chi connectivity index (χ0v) is 12.1. The highest BCUT2D eigenvalue weighted by Crippen LogP contribution is 2.22. The number of hydrogen-bond donors (Lipinski definition) is 1. The number of nitrogens with one attached hydrogen (secondary N) is 1. The van der Waals surface area contributed by atoms with Crippen LogP contribution in [0.1, 0.15) is 5.56 Å². The van der Waals surface area contributed by atoms with E-state index < -0.39 is 10.0 Å². The van der Waals surface area contributed by atoms with Gasteiger partial charge in [0.1, 0.15) is 0 Å². The Morgan fingerprint density at radius 3 is 2.47 bits per heavy atom. The Hall–Kier alpha value is -1.37. The average Bonchev–Trinajstić information content (AvgIpc) is 2.35. The third kappa shape index (κ3) is 3.34. The van der Waals surface area contributed by atoms with E-state index in [0.717, 1.165) is 0 Å². The quantitative estimate of drug-likeness (QED) is 0.944. The predicted octanol–water partition coefficient (Wildman–Crippen LogP) is 2.89. The molecule has 0 fully saturated rings. The lowest BCUT2D eigenvalue weighted by Crippen LogP contribution is -2.15. The van der Waals surface area contributed by atoms with Crippen LogP contribution in [0, 0.1) is 6.92 Å². The van der Waals surface area contributed by atoms with E-state index in [-0.39, 0.29) is 15.9 Å². The number of hydrogen-bond acceptors (Lipinski definition) is 4. The number of anilines is 1. The maximum absolute atomic E-state index is 12.2. The maximum Gasteiger partial charge on any atom is 0.263 e. The van der Waals surface area contributed by atoms with Crippen LogP contribution in [0.3, 0.4) is 0 Å².